The summed E-state index contributed by atoms with van der Waals surface area (Å²) >= 11 is 0. The Morgan fingerprint density at radius 2 is 2.21 bits per heavy atom. The number of nitrogens with zero attached hydrogens (tertiary/aromatic N) is 2. The summed E-state index contributed by atoms with van der Waals surface area (Å²) in [4.78, 5) is 26.1. The molecule has 0 fully saturated rings. The Morgan fingerprint density at radius 3 is 2.84 bits per heavy atom. The van der Waals surface area contributed by atoms with Gasteiger partial charge in [0, 0.05) is 17.7 Å². The van der Waals surface area contributed by atoms with E-state index >= 15 is 0 Å². The van der Waals surface area contributed by atoms with Crippen LogP contribution in [0.15, 0.2) is 18.5 Å². The Bertz CT molecular complexity index is 734. The van der Waals surface area contributed by atoms with Crippen LogP contribution in [0.3, 0.4) is 0 Å². The lowest BCUT2D eigenvalue weighted by Gasteiger charge is -2.03. The average Bonchev–Trinajstić information content (AvgIpc) is 2.80. The van der Waals surface area contributed by atoms with Crippen molar-refractivity contribution in [1.29, 1.82) is 0 Å². The molecule has 2 aromatic heterocycles. The second kappa shape index (κ2) is 4.82. The number of rotatable bonds is 1. The first-order chi connectivity index (χ1) is 9.04. The third-order valence-electron chi connectivity index (χ3n) is 2.63. The van der Waals surface area contributed by atoms with Crippen molar-refractivity contribution in [2.24, 2.45) is 0 Å². The predicted molar refractivity (Wildman–Crippen MR) is 65.8 cm³/mol. The van der Waals surface area contributed by atoms with Gasteiger partial charge in [0.2, 0.25) is 0 Å². The van der Waals surface area contributed by atoms with Crippen LogP contribution in [-0.4, -0.2) is 33.5 Å². The molecule has 2 rings (SSSR count). The fraction of sp³-hybridized carbons (Fsp3) is 0.154. The van der Waals surface area contributed by atoms with Crippen molar-refractivity contribution in [2.75, 3.05) is 7.11 Å². The van der Waals surface area contributed by atoms with E-state index in [2.05, 4.69) is 21.6 Å². The molecule has 2 aromatic rings. The summed E-state index contributed by atoms with van der Waals surface area (Å²) in [5.74, 6) is 3.26. The highest BCUT2D eigenvalue weighted by atomic mass is 16.5. The number of hydrogen-bond acceptors (Lipinski definition) is 4. The molecular weight excluding hydrogens is 248 g/mol. The zero-order valence-corrected chi connectivity index (χ0v) is 10.3. The molecule has 0 aliphatic rings. The number of carbonyl (C=O) groups excluding carboxylic acids is 1. The molecule has 0 unspecified atom stereocenters. The molecule has 0 saturated heterocycles. The van der Waals surface area contributed by atoms with Crippen LogP contribution >= 0.6 is 0 Å². The van der Waals surface area contributed by atoms with Crippen molar-refractivity contribution in [1.82, 2.24) is 9.38 Å². The van der Waals surface area contributed by atoms with Crippen molar-refractivity contribution >= 4 is 17.6 Å². The fourth-order valence-electron chi connectivity index (χ4n) is 1.67. The van der Waals surface area contributed by atoms with Gasteiger partial charge in [-0.2, -0.15) is 0 Å². The maximum Gasteiger partial charge on any atom is 0.384 e. The van der Waals surface area contributed by atoms with E-state index in [4.69, 9.17) is 5.11 Å². The van der Waals surface area contributed by atoms with Gasteiger partial charge in [0.1, 0.15) is 11.3 Å². The number of aryl methyl sites for hydroxylation is 1. The van der Waals surface area contributed by atoms with Crippen molar-refractivity contribution in [3.8, 4) is 11.8 Å². The Kier molecular flexibility index (Phi) is 3.21. The van der Waals surface area contributed by atoms with Gasteiger partial charge in [0.05, 0.1) is 18.9 Å². The minimum atomic E-state index is -1.01. The molecule has 0 aliphatic heterocycles. The second-order valence-corrected chi connectivity index (χ2v) is 3.74. The van der Waals surface area contributed by atoms with E-state index in [0.29, 0.717) is 16.9 Å². The number of fused-ring (bicyclic) bond motifs is 1. The Hall–Kier alpha value is -2.81. The summed E-state index contributed by atoms with van der Waals surface area (Å²) in [6.07, 6.45) is 3.03. The summed E-state index contributed by atoms with van der Waals surface area (Å²) in [5, 5.41) is 9.01. The third-order valence-corrected chi connectivity index (χ3v) is 2.63. The molecule has 19 heavy (non-hydrogen) atoms. The number of carbonyl (C=O) groups is 2. The molecule has 0 radical (unpaired) electrons. The lowest BCUT2D eigenvalue weighted by molar-refractivity contribution is -0.133. The molecule has 0 amide bonds. The van der Waals surface area contributed by atoms with Crippen LogP contribution in [0.2, 0.25) is 0 Å². The Balaban J connectivity index is 2.56. The summed E-state index contributed by atoms with van der Waals surface area (Å²) in [6, 6.07) is 1.47. The summed E-state index contributed by atoms with van der Waals surface area (Å²) in [7, 11) is 1.24. The minimum absolute atomic E-state index is 0.186. The van der Waals surface area contributed by atoms with Crippen LogP contribution in [0.4, 0.5) is 0 Å². The Morgan fingerprint density at radius 1 is 1.47 bits per heavy atom. The van der Waals surface area contributed by atoms with Crippen molar-refractivity contribution < 1.29 is 19.4 Å². The molecule has 0 saturated carbocycles. The normalized spacial score (nSPS) is 9.79. The number of pyridine rings is 1. The molecule has 0 bridgehead atoms. The van der Waals surface area contributed by atoms with Crippen molar-refractivity contribution in [2.45, 2.75) is 6.92 Å². The highest BCUT2D eigenvalue weighted by Crippen LogP contribution is 2.15. The zero-order valence-electron chi connectivity index (χ0n) is 10.3. The maximum atomic E-state index is 11.0. The lowest BCUT2D eigenvalue weighted by atomic mass is 10.1. The molecule has 0 aromatic carbocycles. The molecule has 96 valence electrons. The standard InChI is InChI=1S/C13H10N2O4/c1-8-10(13(17)18)5-6-15-9(7-14-12(8)15)3-4-11(16)19-2/h5-7H,1-2H3,(H,17,18). The van der Waals surface area contributed by atoms with E-state index in [0.717, 1.165) is 0 Å². The average molecular weight is 258 g/mol. The molecule has 0 spiro atoms. The molecule has 6 heteroatoms. The van der Waals surface area contributed by atoms with Crippen LogP contribution in [0.25, 0.3) is 5.65 Å². The molecule has 2 heterocycles. The van der Waals surface area contributed by atoms with E-state index in [9.17, 15) is 9.59 Å². The van der Waals surface area contributed by atoms with Gasteiger partial charge in [-0.15, -0.1) is 0 Å². The van der Waals surface area contributed by atoms with Crippen molar-refractivity contribution in [3.63, 3.8) is 0 Å². The first kappa shape index (κ1) is 12.6. The number of aromatic carboxylic acids is 1. The van der Waals surface area contributed by atoms with Crippen LogP contribution in [-0.2, 0) is 9.53 Å². The predicted octanol–water partition coefficient (Wildman–Crippen LogP) is 0.865. The van der Waals surface area contributed by atoms with Gasteiger partial charge in [0.15, 0.2) is 0 Å². The third kappa shape index (κ3) is 2.26. The fourth-order valence-corrected chi connectivity index (χ4v) is 1.67. The number of ether oxygens (including phenoxy) is 1. The largest absolute Gasteiger partial charge is 0.478 e. The van der Waals surface area contributed by atoms with E-state index < -0.39 is 11.9 Å². The van der Waals surface area contributed by atoms with Gasteiger partial charge in [-0.3, -0.25) is 4.40 Å². The first-order valence-corrected chi connectivity index (χ1v) is 5.34. The number of methoxy groups -OCH3 is 1. The number of carboxylic acids is 1. The van der Waals surface area contributed by atoms with Crippen LogP contribution in [0, 0.1) is 18.8 Å². The number of aromatic nitrogens is 2. The monoisotopic (exact) mass is 258 g/mol. The summed E-state index contributed by atoms with van der Waals surface area (Å²) in [6.45, 7) is 1.67. The number of hydrogen-bond donors (Lipinski definition) is 1. The topological polar surface area (TPSA) is 80.9 Å². The van der Waals surface area contributed by atoms with Gasteiger partial charge < -0.3 is 9.84 Å². The highest BCUT2D eigenvalue weighted by molar-refractivity contribution is 5.91. The molecule has 0 aliphatic carbocycles. The van der Waals surface area contributed by atoms with E-state index in [-0.39, 0.29) is 5.56 Å². The van der Waals surface area contributed by atoms with Gasteiger partial charge in [-0.05, 0) is 18.9 Å². The molecule has 1 N–H and O–H groups in total. The lowest BCUT2D eigenvalue weighted by Crippen LogP contribution is -2.03. The highest BCUT2D eigenvalue weighted by Gasteiger charge is 2.12. The van der Waals surface area contributed by atoms with Gasteiger partial charge >= 0.3 is 11.9 Å². The summed E-state index contributed by atoms with van der Waals surface area (Å²) < 4.78 is 6.04. The van der Waals surface area contributed by atoms with Gasteiger partial charge in [0.25, 0.3) is 0 Å². The first-order valence-electron chi connectivity index (χ1n) is 5.34. The smallest absolute Gasteiger partial charge is 0.384 e. The number of carboxylic acid groups (broad SMARTS) is 1. The van der Waals surface area contributed by atoms with Crippen LogP contribution in [0.5, 0.6) is 0 Å². The summed E-state index contributed by atoms with van der Waals surface area (Å²) in [5.41, 5.74) is 1.71. The van der Waals surface area contributed by atoms with Crippen LogP contribution in [0.1, 0.15) is 21.6 Å². The number of esters is 1. The second-order valence-electron chi connectivity index (χ2n) is 3.74. The molecule has 6 nitrogen and oxygen atoms in total. The van der Waals surface area contributed by atoms with Crippen molar-refractivity contribution in [3.05, 3.63) is 35.3 Å². The maximum absolute atomic E-state index is 11.0. The molecule has 0 atom stereocenters. The number of imidazole rings is 1. The Labute approximate surface area is 108 Å². The van der Waals surface area contributed by atoms with E-state index in [1.807, 2.05) is 0 Å². The van der Waals surface area contributed by atoms with Gasteiger partial charge in [-0.25, -0.2) is 14.6 Å². The quantitative estimate of drug-likeness (QED) is 0.606. The van der Waals surface area contributed by atoms with Crippen LogP contribution < -0.4 is 0 Å². The zero-order chi connectivity index (χ0) is 14.0. The molecular formula is C13H10N2O4. The van der Waals surface area contributed by atoms with E-state index in [1.54, 1.807) is 17.5 Å². The SMILES string of the molecule is COC(=O)C#Cc1cnc2c(C)c(C(=O)O)ccn12. The van der Waals surface area contributed by atoms with E-state index in [1.165, 1.54) is 19.4 Å². The minimum Gasteiger partial charge on any atom is -0.478 e. The van der Waals surface area contributed by atoms with Gasteiger partial charge in [-0.1, -0.05) is 0 Å².